The van der Waals surface area contributed by atoms with Crippen LogP contribution in [0.1, 0.15) is 27.7 Å². The molecule has 132 valence electrons. The molecule has 2 aliphatic heterocycles. The van der Waals surface area contributed by atoms with Crippen LogP contribution < -0.4 is 9.05 Å². The molecule has 0 bridgehead atoms. The van der Waals surface area contributed by atoms with E-state index in [0.717, 1.165) is 0 Å². The first-order chi connectivity index (χ1) is 10.9. The van der Waals surface area contributed by atoms with Gasteiger partial charge in [-0.2, -0.15) is 0 Å². The molecular formula is C13H12Cl4NO4PS. The average molecular weight is 451 g/mol. The molecule has 24 heavy (non-hydrogen) atoms. The Morgan fingerprint density at radius 2 is 1.21 bits per heavy atom. The number of rotatable bonds is 1. The summed E-state index contributed by atoms with van der Waals surface area (Å²) in [5, 5.41) is 2.29. The number of hydrogen-bond donors (Lipinski definition) is 0. The number of fused-ring (bicyclic) bond motifs is 1. The van der Waals surface area contributed by atoms with Crippen LogP contribution in [0, 0.1) is 0 Å². The van der Waals surface area contributed by atoms with Crippen LogP contribution in [0.3, 0.4) is 0 Å². The molecule has 2 aliphatic rings. The van der Waals surface area contributed by atoms with Gasteiger partial charge >= 0.3 is 165 Å². The van der Waals surface area contributed by atoms with Crippen molar-refractivity contribution < 1.29 is 18.1 Å². The minimum absolute atomic E-state index is 0.0110. The molecule has 0 N–H and O–H groups in total. The molecule has 0 aromatic heterocycles. The second-order valence-corrected chi connectivity index (χ2v) is 10.4. The SMILES string of the molecule is CC1(C)OP2(N=C=S)(Oc3c(Cl)c(Cl)c(Cl)c(Cl)c3O2)OC1(C)C. The van der Waals surface area contributed by atoms with E-state index in [1.807, 2.05) is 27.7 Å². The summed E-state index contributed by atoms with van der Waals surface area (Å²) in [6, 6.07) is 0. The van der Waals surface area contributed by atoms with Gasteiger partial charge in [-0.15, -0.1) is 0 Å². The van der Waals surface area contributed by atoms with Gasteiger partial charge < -0.3 is 0 Å². The zero-order valence-electron chi connectivity index (χ0n) is 12.9. The van der Waals surface area contributed by atoms with Crippen molar-refractivity contribution in [2.24, 2.45) is 4.76 Å². The van der Waals surface area contributed by atoms with Crippen LogP contribution in [-0.2, 0) is 9.05 Å². The number of halogens is 4. The summed E-state index contributed by atoms with van der Waals surface area (Å²) >= 11 is 29.4. The fourth-order valence-electron chi connectivity index (χ4n) is 2.30. The molecule has 0 aliphatic carbocycles. The molecule has 11 heteroatoms. The fourth-order valence-corrected chi connectivity index (χ4v) is 7.15. The van der Waals surface area contributed by atoms with E-state index in [-0.39, 0.29) is 31.6 Å². The molecule has 0 atom stereocenters. The molecule has 1 aromatic carbocycles. The molecule has 2 heterocycles. The first-order valence-electron chi connectivity index (χ1n) is 6.68. The van der Waals surface area contributed by atoms with E-state index in [2.05, 4.69) is 9.92 Å². The first-order valence-corrected chi connectivity index (χ1v) is 10.5. The Morgan fingerprint density at radius 1 is 0.833 bits per heavy atom. The molecule has 1 fully saturated rings. The molecule has 0 unspecified atom stereocenters. The van der Waals surface area contributed by atoms with E-state index in [4.69, 9.17) is 76.7 Å². The quantitative estimate of drug-likeness (QED) is 0.153. The fraction of sp³-hybridized carbons (Fsp3) is 0.462. The summed E-state index contributed by atoms with van der Waals surface area (Å²) in [4.78, 5) is 0. The minimum atomic E-state index is -4.58. The molecule has 0 amide bonds. The predicted molar refractivity (Wildman–Crippen MR) is 100 cm³/mol. The van der Waals surface area contributed by atoms with E-state index in [0.29, 0.717) is 0 Å². The Kier molecular flexibility index (Phi) is 4.19. The second kappa shape index (κ2) is 5.32. The molecule has 1 saturated heterocycles. The monoisotopic (exact) mass is 449 g/mol. The van der Waals surface area contributed by atoms with Gasteiger partial charge in [0.1, 0.15) is 0 Å². The van der Waals surface area contributed by atoms with E-state index in [1.54, 1.807) is 0 Å². The third-order valence-corrected chi connectivity index (χ3v) is 9.01. The molecular weight excluding hydrogens is 439 g/mol. The standard InChI is InChI=1S/C13H12Cl4NO4PS/c1-12(2)13(3,4)22-23(21-12,18-5-24)19-10-8(16)6(14)7(15)9(17)11(10)20-23/h1-4H3. The van der Waals surface area contributed by atoms with Crippen molar-refractivity contribution >= 4 is 71.4 Å². The molecule has 1 spiro atoms. The van der Waals surface area contributed by atoms with Gasteiger partial charge in [-0.25, -0.2) is 0 Å². The predicted octanol–water partition coefficient (Wildman–Crippen LogP) is 6.91. The number of benzene rings is 1. The number of thiocarbonyl (C=S) groups is 1. The molecule has 0 saturated carbocycles. The summed E-state index contributed by atoms with van der Waals surface area (Å²) < 4.78 is 28.0. The zero-order valence-corrected chi connectivity index (χ0v) is 17.7. The third kappa shape index (κ3) is 2.40. The molecule has 3 rings (SSSR count). The Hall–Kier alpha value is 0.130. The van der Waals surface area contributed by atoms with E-state index in [1.165, 1.54) is 0 Å². The normalized spacial score (nSPS) is 25.8. The van der Waals surface area contributed by atoms with E-state index < -0.39 is 18.9 Å². The van der Waals surface area contributed by atoms with Crippen LogP contribution in [0.5, 0.6) is 11.5 Å². The maximum atomic E-state index is 6.22. The van der Waals surface area contributed by atoms with Crippen LogP contribution in [0.4, 0.5) is 0 Å². The number of isothiocyanates is 1. The van der Waals surface area contributed by atoms with Gasteiger partial charge in [0, 0.05) is 0 Å². The van der Waals surface area contributed by atoms with Crippen molar-refractivity contribution in [1.82, 2.24) is 0 Å². The van der Waals surface area contributed by atoms with Crippen LogP contribution in [0.25, 0.3) is 0 Å². The van der Waals surface area contributed by atoms with Crippen LogP contribution in [0.2, 0.25) is 20.1 Å². The van der Waals surface area contributed by atoms with Crippen molar-refractivity contribution in [3.8, 4) is 11.5 Å². The Balaban J connectivity index is 2.27. The average Bonchev–Trinajstić information content (AvgIpc) is 2.85. The summed E-state index contributed by atoms with van der Waals surface area (Å²) in [5.41, 5.74) is -1.65. The summed E-state index contributed by atoms with van der Waals surface area (Å²) in [5.74, 6) is 0.0764. The van der Waals surface area contributed by atoms with Crippen LogP contribution in [-0.4, -0.2) is 16.4 Å². The Labute approximate surface area is 164 Å². The van der Waals surface area contributed by atoms with E-state index in [9.17, 15) is 0 Å². The van der Waals surface area contributed by atoms with Crippen molar-refractivity contribution in [1.29, 1.82) is 0 Å². The van der Waals surface area contributed by atoms with Gasteiger partial charge in [0.2, 0.25) is 0 Å². The topological polar surface area (TPSA) is 49.3 Å². The van der Waals surface area contributed by atoms with Gasteiger partial charge in [-0.3, -0.25) is 0 Å². The van der Waals surface area contributed by atoms with Crippen molar-refractivity contribution in [3.05, 3.63) is 20.1 Å². The Bertz CT molecular complexity index is 768. The van der Waals surface area contributed by atoms with Crippen LogP contribution in [0.15, 0.2) is 4.76 Å². The molecule has 5 nitrogen and oxygen atoms in total. The molecule has 0 radical (unpaired) electrons. The van der Waals surface area contributed by atoms with Gasteiger partial charge in [0.25, 0.3) is 0 Å². The first kappa shape index (κ1) is 18.9. The second-order valence-electron chi connectivity index (χ2n) is 6.27. The van der Waals surface area contributed by atoms with Gasteiger partial charge in [-0.05, 0) is 0 Å². The van der Waals surface area contributed by atoms with E-state index >= 15 is 0 Å². The maximum absolute atomic E-state index is 6.22. The summed E-state index contributed by atoms with van der Waals surface area (Å²) in [7, 11) is -4.58. The van der Waals surface area contributed by atoms with Crippen LogP contribution >= 0.6 is 66.3 Å². The zero-order chi connectivity index (χ0) is 18.2. The number of nitrogens with zero attached hydrogens (tertiary/aromatic N) is 1. The van der Waals surface area contributed by atoms with Crippen molar-refractivity contribution in [2.75, 3.05) is 0 Å². The summed E-state index contributed by atoms with van der Waals surface area (Å²) in [6.07, 6.45) is 0. The van der Waals surface area contributed by atoms with Crippen molar-refractivity contribution in [3.63, 3.8) is 0 Å². The van der Waals surface area contributed by atoms with Gasteiger partial charge in [0.05, 0.1) is 0 Å². The van der Waals surface area contributed by atoms with Crippen molar-refractivity contribution in [2.45, 2.75) is 38.9 Å². The third-order valence-electron chi connectivity index (χ3n) is 4.09. The Morgan fingerprint density at radius 3 is 1.54 bits per heavy atom. The summed E-state index contributed by atoms with van der Waals surface area (Å²) in [6.45, 7) is 7.25. The van der Waals surface area contributed by atoms with Gasteiger partial charge in [-0.1, -0.05) is 0 Å². The number of hydrogen-bond acceptors (Lipinski definition) is 6. The van der Waals surface area contributed by atoms with Gasteiger partial charge in [0.15, 0.2) is 0 Å². The molecule has 1 aromatic rings.